The van der Waals surface area contributed by atoms with Crippen LogP contribution >= 0.6 is 11.6 Å². The molecular weight excluding hydrogens is 369 g/mol. The summed E-state index contributed by atoms with van der Waals surface area (Å²) in [5.41, 5.74) is 1.12. The molecule has 1 unspecified atom stereocenters. The first-order chi connectivity index (χ1) is 13.0. The molecule has 0 aliphatic carbocycles. The minimum absolute atomic E-state index is 0.168. The SMILES string of the molecule is O=C1CC(N2CCN(c3ccccc3F)CC2)C(=O)N1c1ccc(Cl)cc1. The Hall–Kier alpha value is -2.44. The highest BCUT2D eigenvalue weighted by Gasteiger charge is 2.43. The van der Waals surface area contributed by atoms with E-state index in [1.807, 2.05) is 15.9 Å². The Morgan fingerprint density at radius 3 is 2.26 bits per heavy atom. The number of para-hydroxylation sites is 1. The molecule has 2 amide bonds. The summed E-state index contributed by atoms with van der Waals surface area (Å²) in [5, 5.41) is 0.554. The van der Waals surface area contributed by atoms with Gasteiger partial charge < -0.3 is 4.90 Å². The number of benzene rings is 2. The first-order valence-corrected chi connectivity index (χ1v) is 9.28. The second-order valence-electron chi connectivity index (χ2n) is 6.74. The predicted molar refractivity (Wildman–Crippen MR) is 103 cm³/mol. The largest absolute Gasteiger partial charge is 0.367 e. The number of imide groups is 1. The lowest BCUT2D eigenvalue weighted by atomic mass is 10.1. The first kappa shape index (κ1) is 17.9. The monoisotopic (exact) mass is 387 g/mol. The highest BCUT2D eigenvalue weighted by molar-refractivity contribution is 6.30. The van der Waals surface area contributed by atoms with E-state index in [-0.39, 0.29) is 24.1 Å². The van der Waals surface area contributed by atoms with Crippen LogP contribution in [-0.4, -0.2) is 48.9 Å². The van der Waals surface area contributed by atoms with Gasteiger partial charge in [-0.15, -0.1) is 0 Å². The summed E-state index contributed by atoms with van der Waals surface area (Å²) in [6.45, 7) is 2.43. The molecule has 140 valence electrons. The van der Waals surface area contributed by atoms with Gasteiger partial charge in [-0.3, -0.25) is 14.5 Å². The van der Waals surface area contributed by atoms with E-state index in [2.05, 4.69) is 0 Å². The lowest BCUT2D eigenvalue weighted by molar-refractivity contribution is -0.123. The third kappa shape index (κ3) is 3.42. The van der Waals surface area contributed by atoms with Crippen molar-refractivity contribution in [3.05, 3.63) is 59.4 Å². The summed E-state index contributed by atoms with van der Waals surface area (Å²) >= 11 is 5.89. The van der Waals surface area contributed by atoms with E-state index in [0.717, 1.165) is 0 Å². The second kappa shape index (κ2) is 7.29. The molecule has 27 heavy (non-hydrogen) atoms. The number of piperazine rings is 1. The fourth-order valence-corrected chi connectivity index (χ4v) is 3.87. The molecule has 0 spiro atoms. The van der Waals surface area contributed by atoms with E-state index in [0.29, 0.717) is 42.6 Å². The number of rotatable bonds is 3. The normalized spacial score (nSPS) is 21.2. The molecule has 0 N–H and O–H groups in total. The number of anilines is 2. The van der Waals surface area contributed by atoms with Gasteiger partial charge >= 0.3 is 0 Å². The van der Waals surface area contributed by atoms with Gasteiger partial charge in [-0.1, -0.05) is 23.7 Å². The Morgan fingerprint density at radius 2 is 1.59 bits per heavy atom. The highest BCUT2D eigenvalue weighted by atomic mass is 35.5. The van der Waals surface area contributed by atoms with E-state index >= 15 is 0 Å². The lowest BCUT2D eigenvalue weighted by Gasteiger charge is -2.38. The third-order valence-corrected chi connectivity index (χ3v) is 5.41. The Balaban J connectivity index is 1.44. The molecule has 2 fully saturated rings. The summed E-state index contributed by atoms with van der Waals surface area (Å²) in [4.78, 5) is 30.5. The molecule has 2 saturated heterocycles. The van der Waals surface area contributed by atoms with Crippen LogP contribution in [0.1, 0.15) is 6.42 Å². The number of nitrogens with zero attached hydrogens (tertiary/aromatic N) is 3. The first-order valence-electron chi connectivity index (χ1n) is 8.90. The summed E-state index contributed by atoms with van der Waals surface area (Å²) in [6.07, 6.45) is 0.168. The van der Waals surface area contributed by atoms with Crippen molar-refractivity contribution in [1.29, 1.82) is 0 Å². The van der Waals surface area contributed by atoms with Crippen LogP contribution in [0.25, 0.3) is 0 Å². The quantitative estimate of drug-likeness (QED) is 0.759. The zero-order chi connectivity index (χ0) is 19.0. The Morgan fingerprint density at radius 1 is 0.926 bits per heavy atom. The number of hydrogen-bond donors (Lipinski definition) is 0. The highest BCUT2D eigenvalue weighted by Crippen LogP contribution is 2.28. The third-order valence-electron chi connectivity index (χ3n) is 5.16. The van der Waals surface area contributed by atoms with Gasteiger partial charge in [-0.05, 0) is 36.4 Å². The van der Waals surface area contributed by atoms with E-state index in [9.17, 15) is 14.0 Å². The van der Waals surface area contributed by atoms with Crippen molar-refractivity contribution in [2.24, 2.45) is 0 Å². The molecule has 2 aromatic rings. The van der Waals surface area contributed by atoms with Crippen molar-refractivity contribution in [2.45, 2.75) is 12.5 Å². The molecule has 2 aliphatic heterocycles. The minimum atomic E-state index is -0.462. The number of hydrogen-bond acceptors (Lipinski definition) is 4. The summed E-state index contributed by atoms with van der Waals surface area (Å²) in [5.74, 6) is -0.655. The van der Waals surface area contributed by atoms with Gasteiger partial charge in [0.15, 0.2) is 0 Å². The van der Waals surface area contributed by atoms with Gasteiger partial charge in [-0.2, -0.15) is 0 Å². The number of amides is 2. The van der Waals surface area contributed by atoms with E-state index in [1.54, 1.807) is 36.4 Å². The van der Waals surface area contributed by atoms with Crippen LogP contribution < -0.4 is 9.80 Å². The molecular formula is C20H19ClFN3O2. The molecule has 0 aromatic heterocycles. The van der Waals surface area contributed by atoms with Crippen molar-refractivity contribution >= 4 is 34.8 Å². The smallest absolute Gasteiger partial charge is 0.251 e. The fraction of sp³-hybridized carbons (Fsp3) is 0.300. The summed E-state index contributed by atoms with van der Waals surface area (Å²) in [7, 11) is 0. The molecule has 2 heterocycles. The maximum Gasteiger partial charge on any atom is 0.251 e. The summed E-state index contributed by atoms with van der Waals surface area (Å²) < 4.78 is 14.0. The van der Waals surface area contributed by atoms with Gasteiger partial charge in [0.25, 0.3) is 5.91 Å². The van der Waals surface area contributed by atoms with Crippen molar-refractivity contribution in [3.63, 3.8) is 0 Å². The Kier molecular flexibility index (Phi) is 4.85. The summed E-state index contributed by atoms with van der Waals surface area (Å²) in [6, 6.07) is 12.9. The zero-order valence-electron chi connectivity index (χ0n) is 14.6. The van der Waals surface area contributed by atoms with E-state index < -0.39 is 6.04 Å². The molecule has 7 heteroatoms. The molecule has 2 aromatic carbocycles. The number of carbonyl (C=O) groups is 2. The Labute approximate surface area is 161 Å². The molecule has 2 aliphatic rings. The van der Waals surface area contributed by atoms with Crippen LogP contribution in [0.3, 0.4) is 0 Å². The van der Waals surface area contributed by atoms with Crippen LogP contribution in [0.15, 0.2) is 48.5 Å². The topological polar surface area (TPSA) is 43.9 Å². The van der Waals surface area contributed by atoms with Crippen LogP contribution in [0, 0.1) is 5.82 Å². The van der Waals surface area contributed by atoms with Gasteiger partial charge in [-0.25, -0.2) is 9.29 Å². The number of carbonyl (C=O) groups excluding carboxylic acids is 2. The standard InChI is InChI=1S/C20H19ClFN3O2/c21-14-5-7-15(8-6-14)25-19(26)13-18(20(25)27)24-11-9-23(10-12-24)17-4-2-1-3-16(17)22/h1-8,18H,9-13H2. The maximum absolute atomic E-state index is 14.0. The Bertz CT molecular complexity index is 866. The van der Waals surface area contributed by atoms with Crippen LogP contribution in [0.5, 0.6) is 0 Å². The van der Waals surface area contributed by atoms with Crippen LogP contribution in [0.2, 0.25) is 5.02 Å². The zero-order valence-corrected chi connectivity index (χ0v) is 15.4. The molecule has 0 bridgehead atoms. The van der Waals surface area contributed by atoms with E-state index in [4.69, 9.17) is 11.6 Å². The van der Waals surface area contributed by atoms with Gasteiger partial charge in [0.05, 0.1) is 23.8 Å². The molecule has 1 atom stereocenters. The average molecular weight is 388 g/mol. The van der Waals surface area contributed by atoms with Crippen molar-refractivity contribution in [1.82, 2.24) is 4.90 Å². The molecule has 0 radical (unpaired) electrons. The molecule has 0 saturated carbocycles. The van der Waals surface area contributed by atoms with Crippen molar-refractivity contribution in [3.8, 4) is 0 Å². The minimum Gasteiger partial charge on any atom is -0.367 e. The van der Waals surface area contributed by atoms with Crippen molar-refractivity contribution in [2.75, 3.05) is 36.0 Å². The fourth-order valence-electron chi connectivity index (χ4n) is 3.75. The van der Waals surface area contributed by atoms with Gasteiger partial charge in [0.1, 0.15) is 5.82 Å². The molecule has 4 rings (SSSR count). The number of halogens is 2. The maximum atomic E-state index is 14.0. The van der Waals surface area contributed by atoms with Crippen LogP contribution in [-0.2, 0) is 9.59 Å². The predicted octanol–water partition coefficient (Wildman–Crippen LogP) is 2.93. The lowest BCUT2D eigenvalue weighted by Crippen LogP contribution is -2.52. The van der Waals surface area contributed by atoms with Gasteiger partial charge in [0, 0.05) is 31.2 Å². The van der Waals surface area contributed by atoms with Crippen LogP contribution in [0.4, 0.5) is 15.8 Å². The van der Waals surface area contributed by atoms with Crippen molar-refractivity contribution < 1.29 is 14.0 Å². The van der Waals surface area contributed by atoms with Gasteiger partial charge in [0.2, 0.25) is 5.91 Å². The second-order valence-corrected chi connectivity index (χ2v) is 7.17. The van der Waals surface area contributed by atoms with E-state index in [1.165, 1.54) is 11.0 Å². The average Bonchev–Trinajstić information content (AvgIpc) is 2.97. The molecule has 5 nitrogen and oxygen atoms in total.